The van der Waals surface area contributed by atoms with E-state index in [0.29, 0.717) is 24.7 Å². The van der Waals surface area contributed by atoms with E-state index in [2.05, 4.69) is 34.8 Å². The second kappa shape index (κ2) is 10.2. The lowest BCUT2D eigenvalue weighted by molar-refractivity contribution is 0.251. The Kier molecular flexibility index (Phi) is 7.21. The number of para-hydroxylation sites is 1. The van der Waals surface area contributed by atoms with E-state index in [-0.39, 0.29) is 17.8 Å². The molecular weight excluding hydrogens is 378 g/mol. The van der Waals surface area contributed by atoms with Crippen LogP contribution in [-0.2, 0) is 6.54 Å². The van der Waals surface area contributed by atoms with Gasteiger partial charge in [0.1, 0.15) is 0 Å². The van der Waals surface area contributed by atoms with Gasteiger partial charge in [-0.1, -0.05) is 44.2 Å². The van der Waals surface area contributed by atoms with Crippen LogP contribution in [0.2, 0.25) is 0 Å². The lowest BCUT2D eigenvalue weighted by atomic mass is 10.0. The van der Waals surface area contributed by atoms with Crippen LogP contribution < -0.4 is 21.6 Å². The molecule has 2 amide bonds. The van der Waals surface area contributed by atoms with Gasteiger partial charge in [0.05, 0.1) is 6.54 Å². The highest BCUT2D eigenvalue weighted by Gasteiger charge is 2.14. The molecule has 3 N–H and O–H groups in total. The summed E-state index contributed by atoms with van der Waals surface area (Å²) in [4.78, 5) is 27.9. The zero-order valence-corrected chi connectivity index (χ0v) is 17.2. The number of carbonyl (C=O) groups is 1. The third-order valence-corrected chi connectivity index (χ3v) is 4.73. The van der Waals surface area contributed by atoms with Crippen molar-refractivity contribution in [1.82, 2.24) is 14.9 Å². The quantitative estimate of drug-likeness (QED) is 0.535. The van der Waals surface area contributed by atoms with Gasteiger partial charge < -0.3 is 16.0 Å². The Morgan fingerprint density at radius 2 is 1.80 bits per heavy atom. The van der Waals surface area contributed by atoms with Crippen LogP contribution in [0.15, 0.2) is 77.9 Å². The lowest BCUT2D eigenvalue weighted by Gasteiger charge is -2.24. The van der Waals surface area contributed by atoms with Gasteiger partial charge in [0.15, 0.2) is 0 Å². The van der Waals surface area contributed by atoms with E-state index >= 15 is 0 Å². The van der Waals surface area contributed by atoms with Crippen LogP contribution in [0.3, 0.4) is 0 Å². The normalized spacial score (nSPS) is 11.7. The van der Waals surface area contributed by atoms with Gasteiger partial charge in [-0.15, -0.1) is 0 Å². The molecule has 1 aromatic heterocycles. The molecule has 1 unspecified atom stereocenters. The van der Waals surface area contributed by atoms with E-state index in [1.807, 2.05) is 54.6 Å². The van der Waals surface area contributed by atoms with Crippen molar-refractivity contribution in [2.24, 2.45) is 5.92 Å². The second-order valence-corrected chi connectivity index (χ2v) is 7.43. The highest BCUT2D eigenvalue weighted by Crippen LogP contribution is 2.13. The van der Waals surface area contributed by atoms with Crippen molar-refractivity contribution in [2.45, 2.75) is 26.4 Å². The molecule has 1 atom stereocenters. The molecule has 0 saturated heterocycles. The van der Waals surface area contributed by atoms with Gasteiger partial charge in [-0.05, 0) is 41.8 Å². The topological polar surface area (TPSA) is 88.1 Å². The predicted molar refractivity (Wildman–Crippen MR) is 120 cm³/mol. The average Bonchev–Trinajstić information content (AvgIpc) is 2.73. The molecule has 30 heavy (non-hydrogen) atoms. The van der Waals surface area contributed by atoms with Crippen LogP contribution in [0.4, 0.5) is 16.2 Å². The summed E-state index contributed by atoms with van der Waals surface area (Å²) in [6.45, 7) is 5.11. The Morgan fingerprint density at radius 1 is 1.03 bits per heavy atom. The van der Waals surface area contributed by atoms with Gasteiger partial charge >= 0.3 is 11.7 Å². The molecule has 0 fully saturated rings. The van der Waals surface area contributed by atoms with E-state index in [1.165, 1.54) is 10.8 Å². The van der Waals surface area contributed by atoms with Gasteiger partial charge in [0.25, 0.3) is 0 Å². The number of rotatable bonds is 8. The van der Waals surface area contributed by atoms with Gasteiger partial charge in [-0.3, -0.25) is 4.57 Å². The van der Waals surface area contributed by atoms with Gasteiger partial charge in [-0.2, -0.15) is 0 Å². The largest absolute Gasteiger partial charge is 0.380 e. The number of anilines is 2. The fourth-order valence-electron chi connectivity index (χ4n) is 3.03. The molecule has 1 heterocycles. The van der Waals surface area contributed by atoms with E-state index < -0.39 is 0 Å². The summed E-state index contributed by atoms with van der Waals surface area (Å²) in [6.07, 6.45) is 3.16. The predicted octanol–water partition coefficient (Wildman–Crippen LogP) is 3.55. The highest BCUT2D eigenvalue weighted by atomic mass is 16.2. The number of carbonyl (C=O) groups excluding carboxylic acids is 1. The van der Waals surface area contributed by atoms with Crippen LogP contribution in [0, 0.1) is 5.92 Å². The molecule has 3 rings (SSSR count). The van der Waals surface area contributed by atoms with Crippen LogP contribution in [0.5, 0.6) is 0 Å². The van der Waals surface area contributed by atoms with E-state index in [1.54, 1.807) is 12.3 Å². The van der Waals surface area contributed by atoms with Crippen molar-refractivity contribution >= 4 is 17.4 Å². The molecule has 0 bridgehead atoms. The number of amides is 2. The van der Waals surface area contributed by atoms with E-state index in [9.17, 15) is 9.59 Å². The third kappa shape index (κ3) is 6.20. The summed E-state index contributed by atoms with van der Waals surface area (Å²) in [7, 11) is 0. The molecule has 0 aliphatic rings. The first kappa shape index (κ1) is 21.1. The molecular formula is C23H27N5O2. The summed E-state index contributed by atoms with van der Waals surface area (Å²) in [5.74, 6) is 0.339. The number of hydrogen-bond donors (Lipinski definition) is 3. The van der Waals surface area contributed by atoms with Crippen molar-refractivity contribution in [3.63, 3.8) is 0 Å². The average molecular weight is 406 g/mol. The number of nitrogens with zero attached hydrogens (tertiary/aromatic N) is 2. The summed E-state index contributed by atoms with van der Waals surface area (Å²) in [6, 6.07) is 18.9. The molecule has 0 saturated carbocycles. The van der Waals surface area contributed by atoms with E-state index in [4.69, 9.17) is 0 Å². The summed E-state index contributed by atoms with van der Waals surface area (Å²) >= 11 is 0. The summed E-state index contributed by atoms with van der Waals surface area (Å²) < 4.78 is 1.52. The summed E-state index contributed by atoms with van der Waals surface area (Å²) in [5.41, 5.74) is 2.28. The van der Waals surface area contributed by atoms with Crippen LogP contribution >= 0.6 is 0 Å². The Balaban J connectivity index is 1.56. The third-order valence-electron chi connectivity index (χ3n) is 4.73. The van der Waals surface area contributed by atoms with Crippen LogP contribution in [-0.4, -0.2) is 28.2 Å². The first-order chi connectivity index (χ1) is 14.5. The standard InChI is InChI=1S/C23H27N5O2/c1-17(2)21(26-19-9-4-3-5-10-19)15-25-22(29)27-20-11-6-8-18(14-20)16-28-13-7-12-24-23(28)30/h3-14,17,21,26H,15-16H2,1-2H3,(H2,25,27,29). The lowest BCUT2D eigenvalue weighted by Crippen LogP contribution is -2.41. The van der Waals surface area contributed by atoms with Crippen LogP contribution in [0.1, 0.15) is 19.4 Å². The Labute approximate surface area is 176 Å². The minimum atomic E-state index is -0.306. The molecule has 0 spiro atoms. The van der Waals surface area contributed by atoms with Gasteiger partial charge in [-0.25, -0.2) is 14.6 Å². The minimum Gasteiger partial charge on any atom is -0.380 e. The Hall–Kier alpha value is -3.61. The maximum absolute atomic E-state index is 12.4. The highest BCUT2D eigenvalue weighted by molar-refractivity contribution is 5.89. The molecule has 156 valence electrons. The van der Waals surface area contributed by atoms with Crippen molar-refractivity contribution in [2.75, 3.05) is 17.2 Å². The Morgan fingerprint density at radius 3 is 2.53 bits per heavy atom. The molecule has 7 nitrogen and oxygen atoms in total. The molecule has 0 aliphatic carbocycles. The first-order valence-electron chi connectivity index (χ1n) is 9.98. The van der Waals surface area contributed by atoms with Crippen LogP contribution in [0.25, 0.3) is 0 Å². The zero-order valence-electron chi connectivity index (χ0n) is 17.2. The van der Waals surface area contributed by atoms with Gasteiger partial charge in [0.2, 0.25) is 0 Å². The maximum Gasteiger partial charge on any atom is 0.347 e. The van der Waals surface area contributed by atoms with Crippen molar-refractivity contribution in [3.8, 4) is 0 Å². The first-order valence-corrected chi connectivity index (χ1v) is 9.98. The molecule has 3 aromatic rings. The number of aromatic nitrogens is 2. The SMILES string of the molecule is CC(C)C(CNC(=O)Nc1cccc(Cn2cccnc2=O)c1)Nc1ccccc1. The van der Waals surface area contributed by atoms with Crippen molar-refractivity contribution in [3.05, 3.63) is 89.1 Å². The molecule has 0 aliphatic heterocycles. The van der Waals surface area contributed by atoms with Gasteiger partial charge in [0, 0.05) is 36.4 Å². The second-order valence-electron chi connectivity index (χ2n) is 7.43. The number of nitrogens with one attached hydrogen (secondary N) is 3. The Bertz CT molecular complexity index is 1020. The number of hydrogen-bond acceptors (Lipinski definition) is 4. The fourth-order valence-corrected chi connectivity index (χ4v) is 3.03. The maximum atomic E-state index is 12.4. The smallest absolute Gasteiger partial charge is 0.347 e. The minimum absolute atomic E-state index is 0.0990. The molecule has 2 aromatic carbocycles. The fraction of sp³-hybridized carbons (Fsp3) is 0.261. The number of urea groups is 1. The van der Waals surface area contributed by atoms with Crippen molar-refractivity contribution < 1.29 is 4.79 Å². The van der Waals surface area contributed by atoms with Crippen molar-refractivity contribution in [1.29, 1.82) is 0 Å². The monoisotopic (exact) mass is 405 g/mol. The molecule has 7 heteroatoms. The number of benzene rings is 2. The van der Waals surface area contributed by atoms with E-state index in [0.717, 1.165) is 11.3 Å². The molecule has 0 radical (unpaired) electrons. The zero-order chi connectivity index (χ0) is 21.3. The summed E-state index contributed by atoms with van der Waals surface area (Å²) in [5, 5.41) is 9.25.